The number of carbonyl (C=O) groups is 3. The maximum atomic E-state index is 13.9. The lowest BCUT2D eigenvalue weighted by Gasteiger charge is -2.12. The van der Waals surface area contributed by atoms with Crippen LogP contribution in [0.25, 0.3) is 6.08 Å². The molecule has 1 aliphatic heterocycles. The third kappa shape index (κ3) is 3.95. The van der Waals surface area contributed by atoms with E-state index >= 15 is 0 Å². The molecule has 0 aromatic heterocycles. The number of para-hydroxylation sites is 1. The van der Waals surface area contributed by atoms with Gasteiger partial charge in [0.2, 0.25) is 5.91 Å². The van der Waals surface area contributed by atoms with Crippen LogP contribution in [0.4, 0.5) is 14.9 Å². The molecule has 2 aromatic carbocycles. The number of thioether (sulfide) groups is 1. The van der Waals surface area contributed by atoms with Gasteiger partial charge in [-0.2, -0.15) is 0 Å². The first kappa shape index (κ1) is 18.2. The zero-order chi connectivity index (χ0) is 18.7. The molecule has 1 fully saturated rings. The molecule has 26 heavy (non-hydrogen) atoms. The molecule has 8 heteroatoms. The summed E-state index contributed by atoms with van der Waals surface area (Å²) >= 11 is 6.57. The highest BCUT2D eigenvalue weighted by molar-refractivity contribution is 8.18. The Balaban J connectivity index is 1.75. The normalized spacial score (nSPS) is 15.6. The SMILES string of the molecule is O=C(CN1C(=O)S/C(=C/c2c(F)cccc2Cl)C1=O)Nc1ccccc1. The highest BCUT2D eigenvalue weighted by atomic mass is 35.5. The molecule has 0 aliphatic carbocycles. The minimum Gasteiger partial charge on any atom is -0.325 e. The minimum atomic E-state index is -0.664. The van der Waals surface area contributed by atoms with E-state index in [1.165, 1.54) is 24.3 Å². The van der Waals surface area contributed by atoms with Gasteiger partial charge in [0.05, 0.1) is 9.93 Å². The number of rotatable bonds is 4. The van der Waals surface area contributed by atoms with E-state index in [-0.39, 0.29) is 15.5 Å². The number of hydrogen-bond donors (Lipinski definition) is 1. The molecule has 1 N–H and O–H groups in total. The summed E-state index contributed by atoms with van der Waals surface area (Å²) in [7, 11) is 0. The van der Waals surface area contributed by atoms with E-state index in [0.29, 0.717) is 17.4 Å². The molecule has 0 bridgehead atoms. The van der Waals surface area contributed by atoms with Crippen molar-refractivity contribution in [3.8, 4) is 0 Å². The summed E-state index contributed by atoms with van der Waals surface area (Å²) in [6, 6.07) is 12.8. The van der Waals surface area contributed by atoms with Crippen molar-refractivity contribution in [2.24, 2.45) is 0 Å². The van der Waals surface area contributed by atoms with Gasteiger partial charge in [-0.05, 0) is 42.1 Å². The van der Waals surface area contributed by atoms with Gasteiger partial charge in [0.1, 0.15) is 12.4 Å². The van der Waals surface area contributed by atoms with Crippen LogP contribution in [-0.4, -0.2) is 28.5 Å². The largest absolute Gasteiger partial charge is 0.325 e. The van der Waals surface area contributed by atoms with E-state index in [1.54, 1.807) is 30.3 Å². The van der Waals surface area contributed by atoms with E-state index in [9.17, 15) is 18.8 Å². The van der Waals surface area contributed by atoms with Crippen molar-refractivity contribution >= 4 is 52.2 Å². The monoisotopic (exact) mass is 390 g/mol. The Morgan fingerprint density at radius 2 is 1.88 bits per heavy atom. The summed E-state index contributed by atoms with van der Waals surface area (Å²) < 4.78 is 13.9. The molecule has 2 aromatic rings. The van der Waals surface area contributed by atoms with Gasteiger partial charge in [0.15, 0.2) is 0 Å². The van der Waals surface area contributed by atoms with Crippen LogP contribution >= 0.6 is 23.4 Å². The van der Waals surface area contributed by atoms with E-state index in [2.05, 4.69) is 5.32 Å². The molecule has 3 rings (SSSR count). The summed E-state index contributed by atoms with van der Waals surface area (Å²) in [4.78, 5) is 37.3. The second-order valence-corrected chi connectivity index (χ2v) is 6.72. The summed E-state index contributed by atoms with van der Waals surface area (Å²) in [6.07, 6.45) is 1.22. The van der Waals surface area contributed by atoms with Gasteiger partial charge in [-0.1, -0.05) is 35.9 Å². The third-order valence-corrected chi connectivity index (χ3v) is 4.74. The van der Waals surface area contributed by atoms with Gasteiger partial charge >= 0.3 is 0 Å². The third-order valence-electron chi connectivity index (χ3n) is 3.51. The van der Waals surface area contributed by atoms with Crippen LogP contribution in [0.1, 0.15) is 5.56 Å². The molecule has 1 heterocycles. The average molecular weight is 391 g/mol. The number of hydrogen-bond acceptors (Lipinski definition) is 4. The van der Waals surface area contributed by atoms with Gasteiger partial charge in [0, 0.05) is 11.3 Å². The van der Waals surface area contributed by atoms with Crippen molar-refractivity contribution in [1.29, 1.82) is 0 Å². The highest BCUT2D eigenvalue weighted by Gasteiger charge is 2.36. The van der Waals surface area contributed by atoms with E-state index in [1.807, 2.05) is 0 Å². The summed E-state index contributed by atoms with van der Waals surface area (Å²) in [5.41, 5.74) is 0.576. The van der Waals surface area contributed by atoms with Crippen molar-refractivity contribution in [1.82, 2.24) is 4.90 Å². The Kier molecular flexibility index (Phi) is 5.39. The first-order valence-electron chi connectivity index (χ1n) is 7.50. The first-order chi connectivity index (χ1) is 12.5. The molecular weight excluding hydrogens is 379 g/mol. The van der Waals surface area contributed by atoms with Crippen LogP contribution < -0.4 is 5.32 Å². The summed E-state index contributed by atoms with van der Waals surface area (Å²) in [6.45, 7) is -0.429. The number of nitrogens with one attached hydrogen (secondary N) is 1. The predicted molar refractivity (Wildman–Crippen MR) is 99.2 cm³/mol. The second kappa shape index (κ2) is 7.72. The Labute approximate surface area is 157 Å². The van der Waals surface area contributed by atoms with Gasteiger partial charge < -0.3 is 5.32 Å². The molecule has 3 amide bonds. The second-order valence-electron chi connectivity index (χ2n) is 5.32. The number of benzene rings is 2. The topological polar surface area (TPSA) is 66.5 Å². The summed E-state index contributed by atoms with van der Waals surface area (Å²) in [5, 5.41) is 2.12. The zero-order valence-corrected chi connectivity index (χ0v) is 14.8. The fraction of sp³-hybridized carbons (Fsp3) is 0.0556. The predicted octanol–water partition coefficient (Wildman–Crippen LogP) is 4.15. The molecule has 0 saturated carbocycles. The number of nitrogens with zero attached hydrogens (tertiary/aromatic N) is 1. The van der Waals surface area contributed by atoms with Crippen molar-refractivity contribution in [2.75, 3.05) is 11.9 Å². The fourth-order valence-corrected chi connectivity index (χ4v) is 3.32. The minimum absolute atomic E-state index is 0.00881. The molecule has 0 unspecified atom stereocenters. The maximum Gasteiger partial charge on any atom is 0.294 e. The number of anilines is 1. The quantitative estimate of drug-likeness (QED) is 0.796. The molecule has 132 valence electrons. The van der Waals surface area contributed by atoms with Gasteiger partial charge in [-0.3, -0.25) is 19.3 Å². The van der Waals surface area contributed by atoms with E-state index < -0.39 is 29.4 Å². The maximum absolute atomic E-state index is 13.9. The van der Waals surface area contributed by atoms with Crippen molar-refractivity contribution in [2.45, 2.75) is 0 Å². The Morgan fingerprint density at radius 3 is 2.58 bits per heavy atom. The Bertz CT molecular complexity index is 898. The van der Waals surface area contributed by atoms with Crippen LogP contribution in [-0.2, 0) is 9.59 Å². The number of carbonyl (C=O) groups excluding carboxylic acids is 3. The molecule has 5 nitrogen and oxygen atoms in total. The first-order valence-corrected chi connectivity index (χ1v) is 8.69. The number of amides is 3. The van der Waals surface area contributed by atoms with Crippen LogP contribution in [0.5, 0.6) is 0 Å². The fourth-order valence-electron chi connectivity index (χ4n) is 2.28. The molecule has 1 saturated heterocycles. The highest BCUT2D eigenvalue weighted by Crippen LogP contribution is 2.34. The number of halogens is 2. The van der Waals surface area contributed by atoms with Crippen LogP contribution in [0.15, 0.2) is 53.4 Å². The smallest absolute Gasteiger partial charge is 0.294 e. The molecule has 0 radical (unpaired) electrons. The standard InChI is InChI=1S/C18H12ClFN2O3S/c19-13-7-4-8-14(20)12(13)9-15-17(24)22(18(25)26-15)10-16(23)21-11-5-2-1-3-6-11/h1-9H,10H2,(H,21,23)/b15-9+. The lowest BCUT2D eigenvalue weighted by Crippen LogP contribution is -2.36. The average Bonchev–Trinajstić information content (AvgIpc) is 2.86. The van der Waals surface area contributed by atoms with Crippen LogP contribution in [0, 0.1) is 5.82 Å². The van der Waals surface area contributed by atoms with Crippen LogP contribution in [0.3, 0.4) is 0 Å². The Hall–Kier alpha value is -2.64. The number of imide groups is 1. The summed E-state index contributed by atoms with van der Waals surface area (Å²) in [5.74, 6) is -1.78. The van der Waals surface area contributed by atoms with Crippen molar-refractivity contribution in [3.63, 3.8) is 0 Å². The molecule has 0 atom stereocenters. The van der Waals surface area contributed by atoms with Crippen LogP contribution in [0.2, 0.25) is 5.02 Å². The van der Waals surface area contributed by atoms with Crippen molar-refractivity contribution in [3.05, 3.63) is 69.8 Å². The van der Waals surface area contributed by atoms with E-state index in [0.717, 1.165) is 4.90 Å². The van der Waals surface area contributed by atoms with E-state index in [4.69, 9.17) is 11.6 Å². The zero-order valence-electron chi connectivity index (χ0n) is 13.2. The molecule has 0 spiro atoms. The van der Waals surface area contributed by atoms with Crippen molar-refractivity contribution < 1.29 is 18.8 Å². The molecule has 1 aliphatic rings. The van der Waals surface area contributed by atoms with Gasteiger partial charge in [-0.15, -0.1) is 0 Å². The van der Waals surface area contributed by atoms with Gasteiger partial charge in [-0.25, -0.2) is 4.39 Å². The Morgan fingerprint density at radius 1 is 1.15 bits per heavy atom. The lowest BCUT2D eigenvalue weighted by atomic mass is 10.2. The lowest BCUT2D eigenvalue weighted by molar-refractivity contribution is -0.127. The molecular formula is C18H12ClFN2O3S. The van der Waals surface area contributed by atoms with Gasteiger partial charge in [0.25, 0.3) is 11.1 Å².